The van der Waals surface area contributed by atoms with Crippen molar-refractivity contribution in [1.82, 2.24) is 15.5 Å². The summed E-state index contributed by atoms with van der Waals surface area (Å²) in [5.74, 6) is -0.118. The fraction of sp³-hybridized carbons (Fsp3) is 0.444. The van der Waals surface area contributed by atoms with E-state index in [1.165, 1.54) is 11.3 Å². The van der Waals surface area contributed by atoms with Crippen LogP contribution in [0.25, 0.3) is 0 Å². The quantitative estimate of drug-likeness (QED) is 0.667. The van der Waals surface area contributed by atoms with Crippen LogP contribution in [0.15, 0.2) is 48.5 Å². The van der Waals surface area contributed by atoms with E-state index in [1.807, 2.05) is 62.4 Å². The van der Waals surface area contributed by atoms with Crippen molar-refractivity contribution in [2.24, 2.45) is 5.92 Å². The van der Waals surface area contributed by atoms with Gasteiger partial charge in [0, 0.05) is 12.5 Å². The molecule has 6 nitrogen and oxygen atoms in total. The van der Waals surface area contributed by atoms with Crippen LogP contribution in [-0.4, -0.2) is 34.8 Å². The highest BCUT2D eigenvalue weighted by Crippen LogP contribution is 2.42. The Bertz CT molecular complexity index is 1090. The predicted octanol–water partition coefficient (Wildman–Crippen LogP) is 3.60. The average Bonchev–Trinajstić information content (AvgIpc) is 3.24. The first-order chi connectivity index (χ1) is 15.9. The highest BCUT2D eigenvalue weighted by Gasteiger charge is 2.57. The Labute approximate surface area is 194 Å². The Balaban J connectivity index is 1.46. The van der Waals surface area contributed by atoms with Crippen LogP contribution in [0.1, 0.15) is 54.9 Å². The first-order valence-corrected chi connectivity index (χ1v) is 12.0. The van der Waals surface area contributed by atoms with Gasteiger partial charge in [0.05, 0.1) is 0 Å². The maximum absolute atomic E-state index is 13.8. The Kier molecular flexibility index (Phi) is 5.47. The van der Waals surface area contributed by atoms with Crippen LogP contribution < -0.4 is 10.6 Å². The van der Waals surface area contributed by atoms with E-state index < -0.39 is 17.6 Å². The smallest absolute Gasteiger partial charge is 0.326 e. The van der Waals surface area contributed by atoms with Gasteiger partial charge in [-0.3, -0.25) is 9.59 Å². The largest absolute Gasteiger partial charge is 0.352 e. The summed E-state index contributed by atoms with van der Waals surface area (Å²) in [4.78, 5) is 41.8. The maximum atomic E-state index is 13.8. The van der Waals surface area contributed by atoms with Gasteiger partial charge in [0.1, 0.15) is 11.6 Å². The molecule has 0 aromatic heterocycles. The fourth-order valence-electron chi connectivity index (χ4n) is 5.47. The molecule has 4 amide bonds. The van der Waals surface area contributed by atoms with Crippen molar-refractivity contribution in [3.8, 4) is 0 Å². The minimum Gasteiger partial charge on any atom is -0.352 e. The minimum absolute atomic E-state index is 0.0219. The Morgan fingerprint density at radius 1 is 1.15 bits per heavy atom. The van der Waals surface area contributed by atoms with Gasteiger partial charge in [-0.25, -0.2) is 9.69 Å². The lowest BCUT2D eigenvalue weighted by molar-refractivity contribution is -0.139. The number of nitrogens with one attached hydrogen (secondary N) is 2. The highest BCUT2D eigenvalue weighted by molar-refractivity contribution is 6.10. The first-order valence-electron chi connectivity index (χ1n) is 12.0. The number of rotatable bonds is 6. The third-order valence-electron chi connectivity index (χ3n) is 7.76. The van der Waals surface area contributed by atoms with Gasteiger partial charge in [0.25, 0.3) is 5.91 Å². The predicted molar refractivity (Wildman–Crippen MR) is 125 cm³/mol. The summed E-state index contributed by atoms with van der Waals surface area (Å²) in [5, 5.41) is 6.09. The maximum Gasteiger partial charge on any atom is 0.326 e. The number of amides is 4. The number of nitrogens with zero attached hydrogens (tertiary/aromatic N) is 1. The van der Waals surface area contributed by atoms with E-state index in [2.05, 4.69) is 10.6 Å². The van der Waals surface area contributed by atoms with Crippen LogP contribution in [0.2, 0.25) is 0 Å². The number of carbonyl (C=O) groups is 3. The minimum atomic E-state index is -1.07. The number of carbonyl (C=O) groups excluding carboxylic acids is 3. The molecule has 2 unspecified atom stereocenters. The Hall–Kier alpha value is -3.15. The van der Waals surface area contributed by atoms with Gasteiger partial charge in [-0.15, -0.1) is 0 Å². The topological polar surface area (TPSA) is 78.5 Å². The summed E-state index contributed by atoms with van der Waals surface area (Å²) in [6.45, 7) is 4.03. The zero-order valence-corrected chi connectivity index (χ0v) is 19.3. The summed E-state index contributed by atoms with van der Waals surface area (Å²) in [6, 6.07) is 14.3. The number of benzene rings is 2. The Morgan fingerprint density at radius 3 is 2.58 bits per heavy atom. The van der Waals surface area contributed by atoms with Gasteiger partial charge in [-0.2, -0.15) is 0 Å². The molecule has 1 spiro atoms. The average molecular weight is 446 g/mol. The standard InChI is InChI=1S/C27H31N3O3/c1-17-10-12-19(13-11-17)16-23(24(31)28-18(2)20-7-5-8-20)30-25(32)27(29-26(30)33)15-14-21-6-3-4-9-22(21)27/h3-4,6,9-13,18,20,23H,5,7-8,14-16H2,1-2H3,(H,28,31)(H,29,33)/t18-,23?,27?/m0/s1. The summed E-state index contributed by atoms with van der Waals surface area (Å²) >= 11 is 0. The van der Waals surface area contributed by atoms with E-state index in [9.17, 15) is 14.4 Å². The molecule has 3 aliphatic rings. The van der Waals surface area contributed by atoms with E-state index in [-0.39, 0.29) is 17.9 Å². The van der Waals surface area contributed by atoms with Gasteiger partial charge in [0.2, 0.25) is 5.91 Å². The number of imide groups is 1. The number of hydrogen-bond donors (Lipinski definition) is 2. The second kappa shape index (κ2) is 8.32. The second-order valence-corrected chi connectivity index (χ2v) is 9.86. The van der Waals surface area contributed by atoms with Gasteiger partial charge >= 0.3 is 6.03 Å². The van der Waals surface area contributed by atoms with Crippen LogP contribution in [0.4, 0.5) is 4.79 Å². The van der Waals surface area contributed by atoms with E-state index in [0.717, 1.165) is 41.5 Å². The molecule has 2 aromatic carbocycles. The summed E-state index contributed by atoms with van der Waals surface area (Å²) in [5.41, 5.74) is 2.90. The summed E-state index contributed by atoms with van der Waals surface area (Å²) in [6.07, 6.45) is 4.93. The monoisotopic (exact) mass is 445 g/mol. The Morgan fingerprint density at radius 2 is 1.88 bits per heavy atom. The van der Waals surface area contributed by atoms with Crippen LogP contribution >= 0.6 is 0 Å². The van der Waals surface area contributed by atoms with Gasteiger partial charge in [-0.1, -0.05) is 60.5 Å². The molecule has 172 valence electrons. The molecule has 0 bridgehead atoms. The van der Waals surface area contributed by atoms with Crippen LogP contribution in [0.5, 0.6) is 0 Å². The lowest BCUT2D eigenvalue weighted by Crippen LogP contribution is -2.54. The molecule has 1 saturated heterocycles. The third kappa shape index (κ3) is 3.71. The van der Waals surface area contributed by atoms with Crippen LogP contribution in [-0.2, 0) is 28.0 Å². The number of aryl methyl sites for hydroxylation is 2. The van der Waals surface area contributed by atoms with E-state index in [4.69, 9.17) is 0 Å². The summed E-state index contributed by atoms with van der Waals surface area (Å²) in [7, 11) is 0. The molecule has 5 rings (SSSR count). The summed E-state index contributed by atoms with van der Waals surface area (Å²) < 4.78 is 0. The molecule has 3 atom stereocenters. The van der Waals surface area contributed by atoms with E-state index in [0.29, 0.717) is 18.8 Å². The van der Waals surface area contributed by atoms with Gasteiger partial charge in [-0.05, 0) is 62.1 Å². The van der Waals surface area contributed by atoms with Crippen molar-refractivity contribution < 1.29 is 14.4 Å². The molecule has 2 N–H and O–H groups in total. The fourth-order valence-corrected chi connectivity index (χ4v) is 5.47. The molecular formula is C27H31N3O3. The third-order valence-corrected chi connectivity index (χ3v) is 7.76. The van der Waals surface area contributed by atoms with Crippen molar-refractivity contribution in [3.63, 3.8) is 0 Å². The van der Waals surface area contributed by atoms with Gasteiger partial charge < -0.3 is 10.6 Å². The molecule has 33 heavy (non-hydrogen) atoms. The van der Waals surface area contributed by atoms with Crippen molar-refractivity contribution >= 4 is 17.8 Å². The first kappa shape index (κ1) is 21.7. The molecule has 2 aliphatic carbocycles. The normalized spacial score (nSPS) is 23.8. The molecule has 0 radical (unpaired) electrons. The molecule has 6 heteroatoms. The molecule has 1 heterocycles. The lowest BCUT2D eigenvalue weighted by atomic mass is 9.80. The molecule has 2 fully saturated rings. The molecule has 1 saturated carbocycles. The van der Waals surface area contributed by atoms with Crippen LogP contribution in [0.3, 0.4) is 0 Å². The van der Waals surface area contributed by atoms with Crippen molar-refractivity contribution in [2.75, 3.05) is 0 Å². The van der Waals surface area contributed by atoms with Crippen molar-refractivity contribution in [2.45, 2.75) is 70.0 Å². The van der Waals surface area contributed by atoms with Gasteiger partial charge in [0.15, 0.2) is 0 Å². The van der Waals surface area contributed by atoms with Crippen molar-refractivity contribution in [1.29, 1.82) is 0 Å². The van der Waals surface area contributed by atoms with E-state index in [1.54, 1.807) is 0 Å². The number of urea groups is 1. The zero-order chi connectivity index (χ0) is 23.2. The lowest BCUT2D eigenvalue weighted by Gasteiger charge is -2.34. The molecule has 2 aromatic rings. The zero-order valence-electron chi connectivity index (χ0n) is 19.3. The molecular weight excluding hydrogens is 414 g/mol. The SMILES string of the molecule is Cc1ccc(CC(C(=O)N[C@@H](C)C2CCC2)N2C(=O)NC3(CCc4ccccc43)C2=O)cc1. The van der Waals surface area contributed by atoms with E-state index >= 15 is 0 Å². The number of hydrogen-bond acceptors (Lipinski definition) is 3. The van der Waals surface area contributed by atoms with Crippen molar-refractivity contribution in [3.05, 3.63) is 70.8 Å². The highest BCUT2D eigenvalue weighted by atomic mass is 16.2. The molecule has 1 aliphatic heterocycles. The number of fused-ring (bicyclic) bond motifs is 2. The van der Waals surface area contributed by atoms with Crippen LogP contribution in [0, 0.1) is 12.8 Å². The second-order valence-electron chi connectivity index (χ2n) is 9.86.